The van der Waals surface area contributed by atoms with Crippen LogP contribution in [0.3, 0.4) is 0 Å². The number of likely N-dealkylation sites (N-methyl/N-ethyl adjacent to an activating group) is 1. The molecule has 1 atom stereocenters. The first-order valence-electron chi connectivity index (χ1n) is 7.56. The maximum atomic E-state index is 13.7. The van der Waals surface area contributed by atoms with Crippen LogP contribution < -0.4 is 10.5 Å². The Hall–Kier alpha value is -3.10. The second-order valence-electron chi connectivity index (χ2n) is 5.80. The molecule has 1 aromatic carbocycles. The van der Waals surface area contributed by atoms with Gasteiger partial charge < -0.3 is 10.5 Å². The summed E-state index contributed by atoms with van der Waals surface area (Å²) in [5, 5.41) is 0. The minimum Gasteiger partial charge on any atom is -0.435 e. The normalized spacial score (nSPS) is 19.8. The summed E-state index contributed by atoms with van der Waals surface area (Å²) in [5.41, 5.74) is 5.03. The molecule has 26 heavy (non-hydrogen) atoms. The minimum absolute atomic E-state index is 0.0352. The van der Waals surface area contributed by atoms with Gasteiger partial charge in [-0.25, -0.2) is 9.38 Å². The number of pyridine rings is 1. The van der Waals surface area contributed by atoms with Gasteiger partial charge in [0.25, 0.3) is 5.91 Å². The number of nitrogens with zero attached hydrogens (tertiary/aromatic N) is 3. The van der Waals surface area contributed by atoms with Crippen LogP contribution in [-0.4, -0.2) is 35.4 Å². The maximum Gasteiger partial charge on any atom is 0.387 e. The van der Waals surface area contributed by atoms with Gasteiger partial charge in [-0.3, -0.25) is 14.7 Å². The summed E-state index contributed by atoms with van der Waals surface area (Å²) in [6.07, 6.45) is 2.31. The Kier molecular flexibility index (Phi) is 4.31. The third-order valence-corrected chi connectivity index (χ3v) is 4.17. The Morgan fingerprint density at radius 2 is 1.96 bits per heavy atom. The van der Waals surface area contributed by atoms with E-state index in [2.05, 4.69) is 14.7 Å². The van der Waals surface area contributed by atoms with E-state index in [1.165, 1.54) is 31.4 Å². The van der Waals surface area contributed by atoms with Gasteiger partial charge in [0.15, 0.2) is 11.5 Å². The summed E-state index contributed by atoms with van der Waals surface area (Å²) in [6.45, 7) is -1.43. The number of rotatable bonds is 4. The molecule has 1 unspecified atom stereocenters. The topological polar surface area (TPSA) is 80.8 Å². The zero-order valence-corrected chi connectivity index (χ0v) is 13.9. The number of benzene rings is 1. The van der Waals surface area contributed by atoms with Gasteiger partial charge in [-0.2, -0.15) is 8.78 Å². The molecule has 0 aliphatic carbocycles. The van der Waals surface area contributed by atoms with Crippen LogP contribution in [0.2, 0.25) is 0 Å². The van der Waals surface area contributed by atoms with Crippen LogP contribution in [0.5, 0.6) is 5.75 Å². The van der Waals surface area contributed by atoms with Crippen LogP contribution in [0.1, 0.15) is 16.7 Å². The minimum atomic E-state index is -2.98. The van der Waals surface area contributed by atoms with Gasteiger partial charge in [0, 0.05) is 18.8 Å². The maximum absolute atomic E-state index is 13.7. The first-order valence-corrected chi connectivity index (χ1v) is 7.56. The Morgan fingerprint density at radius 1 is 1.23 bits per heavy atom. The van der Waals surface area contributed by atoms with E-state index < -0.39 is 23.9 Å². The van der Waals surface area contributed by atoms with Crippen molar-refractivity contribution < 1.29 is 22.7 Å². The predicted octanol–water partition coefficient (Wildman–Crippen LogP) is 2.16. The predicted molar refractivity (Wildman–Crippen MR) is 87.2 cm³/mol. The molecule has 1 aliphatic rings. The highest BCUT2D eigenvalue weighted by atomic mass is 19.3. The zero-order valence-electron chi connectivity index (χ0n) is 13.9. The average molecular weight is 364 g/mol. The standard InChI is InChI=1S/C17H15F3N4O2/c1-9-5-10(3-4-13(9)26-15(19)20)17(11-6-12(18)8-22-7-11)14(25)24(2)16(21)23-17/h3-8,15H,1-2H3,(H2,21,23). The number of aryl methyl sites for hydroxylation is 1. The van der Waals surface area contributed by atoms with E-state index >= 15 is 0 Å². The van der Waals surface area contributed by atoms with Gasteiger partial charge in [-0.15, -0.1) is 0 Å². The van der Waals surface area contributed by atoms with Crippen LogP contribution in [0.15, 0.2) is 41.7 Å². The number of aliphatic imine (C=N–C) groups is 1. The van der Waals surface area contributed by atoms with Crippen molar-refractivity contribution in [3.63, 3.8) is 0 Å². The van der Waals surface area contributed by atoms with Gasteiger partial charge >= 0.3 is 6.61 Å². The molecule has 0 saturated carbocycles. The molecule has 0 spiro atoms. The molecule has 6 nitrogen and oxygen atoms in total. The fraction of sp³-hybridized carbons (Fsp3) is 0.235. The second-order valence-corrected chi connectivity index (χ2v) is 5.80. The number of amides is 1. The largest absolute Gasteiger partial charge is 0.435 e. The number of carbonyl (C=O) groups is 1. The summed E-state index contributed by atoms with van der Waals surface area (Å²) >= 11 is 0. The van der Waals surface area contributed by atoms with E-state index in [0.717, 1.165) is 17.2 Å². The van der Waals surface area contributed by atoms with Gasteiger partial charge in [0.2, 0.25) is 0 Å². The monoisotopic (exact) mass is 364 g/mol. The molecule has 136 valence electrons. The number of hydrogen-bond donors (Lipinski definition) is 1. The van der Waals surface area contributed by atoms with Gasteiger partial charge in [-0.1, -0.05) is 6.07 Å². The summed E-state index contributed by atoms with van der Waals surface area (Å²) in [6, 6.07) is 5.35. The van der Waals surface area contributed by atoms with Crippen molar-refractivity contribution in [1.29, 1.82) is 0 Å². The number of nitrogens with two attached hydrogens (primary N) is 1. The molecule has 0 radical (unpaired) electrons. The highest BCUT2D eigenvalue weighted by molar-refractivity contribution is 6.08. The molecule has 9 heteroatoms. The molecule has 1 amide bonds. The van der Waals surface area contributed by atoms with Crippen molar-refractivity contribution in [3.8, 4) is 5.75 Å². The number of alkyl halides is 2. The van der Waals surface area contributed by atoms with E-state index in [9.17, 15) is 18.0 Å². The Morgan fingerprint density at radius 3 is 2.50 bits per heavy atom. The first-order chi connectivity index (χ1) is 12.3. The van der Waals surface area contributed by atoms with Crippen molar-refractivity contribution in [2.75, 3.05) is 7.05 Å². The van der Waals surface area contributed by atoms with Crippen LogP contribution in [0.4, 0.5) is 13.2 Å². The molecule has 0 saturated heterocycles. The van der Waals surface area contributed by atoms with Crippen molar-refractivity contribution >= 4 is 11.9 Å². The Bertz CT molecular complexity index is 903. The molecule has 1 aromatic heterocycles. The molecule has 2 N–H and O–H groups in total. The smallest absolute Gasteiger partial charge is 0.387 e. The number of ether oxygens (including phenoxy) is 1. The van der Waals surface area contributed by atoms with Crippen LogP contribution in [0, 0.1) is 12.7 Å². The fourth-order valence-electron chi connectivity index (χ4n) is 2.90. The molecule has 3 rings (SSSR count). The molecule has 0 fully saturated rings. The zero-order chi connectivity index (χ0) is 19.1. The lowest BCUT2D eigenvalue weighted by molar-refractivity contribution is -0.129. The number of halogens is 3. The lowest BCUT2D eigenvalue weighted by Crippen LogP contribution is -2.41. The van der Waals surface area contributed by atoms with Gasteiger partial charge in [0.05, 0.1) is 6.20 Å². The molecular weight excluding hydrogens is 349 g/mol. The van der Waals surface area contributed by atoms with Crippen molar-refractivity contribution in [2.24, 2.45) is 10.7 Å². The Balaban J connectivity index is 2.21. The third-order valence-electron chi connectivity index (χ3n) is 4.17. The lowest BCUT2D eigenvalue weighted by atomic mass is 9.83. The quantitative estimate of drug-likeness (QED) is 0.902. The van der Waals surface area contributed by atoms with E-state index in [-0.39, 0.29) is 17.3 Å². The fourth-order valence-corrected chi connectivity index (χ4v) is 2.90. The van der Waals surface area contributed by atoms with Crippen LogP contribution >= 0.6 is 0 Å². The van der Waals surface area contributed by atoms with Gasteiger partial charge in [-0.05, 0) is 36.2 Å². The molecule has 2 heterocycles. The SMILES string of the molecule is Cc1cc(C2(c3cncc(F)c3)N=C(N)N(C)C2=O)ccc1OC(F)F. The number of carbonyl (C=O) groups excluding carboxylic acids is 1. The Labute approximate surface area is 147 Å². The van der Waals surface area contributed by atoms with E-state index in [1.807, 2.05) is 0 Å². The number of aromatic nitrogens is 1. The highest BCUT2D eigenvalue weighted by Crippen LogP contribution is 2.40. The highest BCUT2D eigenvalue weighted by Gasteiger charge is 2.50. The average Bonchev–Trinajstić information content (AvgIpc) is 2.81. The lowest BCUT2D eigenvalue weighted by Gasteiger charge is -2.26. The molecule has 2 aromatic rings. The third kappa shape index (κ3) is 2.75. The summed E-state index contributed by atoms with van der Waals surface area (Å²) < 4.78 is 43.1. The van der Waals surface area contributed by atoms with Crippen molar-refractivity contribution in [2.45, 2.75) is 19.1 Å². The van der Waals surface area contributed by atoms with Crippen molar-refractivity contribution in [3.05, 3.63) is 59.2 Å². The second kappa shape index (κ2) is 6.32. The molecular formula is C17H15F3N4O2. The number of guanidine groups is 1. The van der Waals surface area contributed by atoms with E-state index in [0.29, 0.717) is 11.1 Å². The van der Waals surface area contributed by atoms with Crippen molar-refractivity contribution in [1.82, 2.24) is 9.88 Å². The summed E-state index contributed by atoms with van der Waals surface area (Å²) in [4.78, 5) is 22.2. The van der Waals surface area contributed by atoms with Crippen LogP contribution in [0.25, 0.3) is 0 Å². The first kappa shape index (κ1) is 17.7. The summed E-state index contributed by atoms with van der Waals surface area (Å²) in [5.74, 6) is -1.24. The van der Waals surface area contributed by atoms with E-state index in [4.69, 9.17) is 5.73 Å². The number of hydrogen-bond acceptors (Lipinski definition) is 5. The van der Waals surface area contributed by atoms with E-state index in [1.54, 1.807) is 6.92 Å². The molecule has 0 bridgehead atoms. The molecule has 1 aliphatic heterocycles. The van der Waals surface area contributed by atoms with Gasteiger partial charge in [0.1, 0.15) is 11.6 Å². The summed E-state index contributed by atoms with van der Waals surface area (Å²) in [7, 11) is 1.44. The van der Waals surface area contributed by atoms with Crippen LogP contribution in [-0.2, 0) is 10.3 Å².